The monoisotopic (exact) mass is 173 g/mol. The van der Waals surface area contributed by atoms with Crippen molar-refractivity contribution in [2.24, 2.45) is 5.92 Å². The molecule has 3 heteroatoms. The maximum atomic E-state index is 11.3. The van der Waals surface area contributed by atoms with Gasteiger partial charge in [-0.25, -0.2) is 0 Å². The predicted molar refractivity (Wildman–Crippen MR) is 49.2 cm³/mol. The molecule has 1 atom stereocenters. The number of hydrogen-bond acceptors (Lipinski definition) is 3. The SMILES string of the molecule is CCNCC(=O)C(C)CCOC. The fraction of sp³-hybridized carbons (Fsp3) is 0.889. The molecule has 0 bridgehead atoms. The number of ketones is 1. The number of carbonyl (C=O) groups is 1. The zero-order chi connectivity index (χ0) is 9.40. The molecule has 0 aliphatic rings. The van der Waals surface area contributed by atoms with Gasteiger partial charge in [-0.2, -0.15) is 0 Å². The number of methoxy groups -OCH3 is 1. The number of rotatable bonds is 7. The molecule has 0 aliphatic carbocycles. The number of likely N-dealkylation sites (N-methyl/N-ethyl adjacent to an activating group) is 1. The second-order valence-corrected chi connectivity index (χ2v) is 2.93. The first-order chi connectivity index (χ1) is 5.72. The van der Waals surface area contributed by atoms with Gasteiger partial charge in [0.1, 0.15) is 5.78 Å². The lowest BCUT2D eigenvalue weighted by atomic mass is 10.0. The van der Waals surface area contributed by atoms with Gasteiger partial charge in [0.05, 0.1) is 6.54 Å². The summed E-state index contributed by atoms with van der Waals surface area (Å²) in [6.45, 7) is 5.94. The lowest BCUT2D eigenvalue weighted by Crippen LogP contribution is -2.27. The molecule has 0 rings (SSSR count). The highest BCUT2D eigenvalue weighted by atomic mass is 16.5. The molecular formula is C9H19NO2. The lowest BCUT2D eigenvalue weighted by Gasteiger charge is -2.09. The van der Waals surface area contributed by atoms with E-state index in [1.54, 1.807) is 7.11 Å². The average Bonchev–Trinajstić information content (AvgIpc) is 2.10. The van der Waals surface area contributed by atoms with Crippen LogP contribution in [0.15, 0.2) is 0 Å². The van der Waals surface area contributed by atoms with Gasteiger partial charge in [0.15, 0.2) is 0 Å². The molecule has 0 aromatic carbocycles. The minimum Gasteiger partial charge on any atom is -0.385 e. The van der Waals surface area contributed by atoms with Gasteiger partial charge in [0.2, 0.25) is 0 Å². The normalized spacial score (nSPS) is 12.9. The van der Waals surface area contributed by atoms with Crippen molar-refractivity contribution in [2.45, 2.75) is 20.3 Å². The van der Waals surface area contributed by atoms with E-state index in [0.29, 0.717) is 13.2 Å². The first kappa shape index (κ1) is 11.6. The maximum absolute atomic E-state index is 11.3. The summed E-state index contributed by atoms with van der Waals surface area (Å²) in [6.07, 6.45) is 0.820. The van der Waals surface area contributed by atoms with E-state index < -0.39 is 0 Å². The summed E-state index contributed by atoms with van der Waals surface area (Å²) in [5.74, 6) is 0.387. The smallest absolute Gasteiger partial charge is 0.149 e. The van der Waals surface area contributed by atoms with Crippen LogP contribution < -0.4 is 5.32 Å². The third-order valence-corrected chi connectivity index (χ3v) is 1.85. The van der Waals surface area contributed by atoms with Crippen molar-refractivity contribution in [3.05, 3.63) is 0 Å². The molecule has 3 nitrogen and oxygen atoms in total. The average molecular weight is 173 g/mol. The Hall–Kier alpha value is -0.410. The largest absolute Gasteiger partial charge is 0.385 e. The topological polar surface area (TPSA) is 38.3 Å². The van der Waals surface area contributed by atoms with Crippen molar-refractivity contribution < 1.29 is 9.53 Å². The Bertz CT molecular complexity index is 126. The van der Waals surface area contributed by atoms with Gasteiger partial charge in [-0.05, 0) is 13.0 Å². The minimum absolute atomic E-state index is 0.115. The second kappa shape index (κ2) is 7.25. The molecule has 0 saturated carbocycles. The molecule has 0 aromatic rings. The van der Waals surface area contributed by atoms with Gasteiger partial charge in [0.25, 0.3) is 0 Å². The zero-order valence-electron chi connectivity index (χ0n) is 8.22. The first-order valence-corrected chi connectivity index (χ1v) is 4.44. The van der Waals surface area contributed by atoms with Crippen LogP contribution in [0.1, 0.15) is 20.3 Å². The summed E-state index contributed by atoms with van der Waals surface area (Å²) < 4.78 is 4.89. The van der Waals surface area contributed by atoms with E-state index in [4.69, 9.17) is 4.74 Å². The van der Waals surface area contributed by atoms with E-state index in [1.165, 1.54) is 0 Å². The molecule has 0 heterocycles. The van der Waals surface area contributed by atoms with Crippen molar-refractivity contribution >= 4 is 5.78 Å². The van der Waals surface area contributed by atoms with Crippen LogP contribution >= 0.6 is 0 Å². The molecular weight excluding hydrogens is 154 g/mol. The first-order valence-electron chi connectivity index (χ1n) is 4.44. The van der Waals surface area contributed by atoms with Gasteiger partial charge in [-0.3, -0.25) is 4.79 Å². The lowest BCUT2D eigenvalue weighted by molar-refractivity contribution is -0.122. The Morgan fingerprint density at radius 3 is 2.75 bits per heavy atom. The van der Waals surface area contributed by atoms with Crippen LogP contribution in [0.4, 0.5) is 0 Å². The zero-order valence-corrected chi connectivity index (χ0v) is 8.22. The van der Waals surface area contributed by atoms with Crippen molar-refractivity contribution in [1.82, 2.24) is 5.32 Å². The molecule has 0 spiro atoms. The van der Waals surface area contributed by atoms with E-state index in [9.17, 15) is 4.79 Å². The van der Waals surface area contributed by atoms with Crippen LogP contribution in [-0.4, -0.2) is 32.6 Å². The van der Waals surface area contributed by atoms with E-state index in [2.05, 4.69) is 5.32 Å². The summed E-state index contributed by atoms with van der Waals surface area (Å²) in [5, 5.41) is 3.01. The molecule has 0 radical (unpaired) electrons. The van der Waals surface area contributed by atoms with Crippen LogP contribution in [0.3, 0.4) is 0 Å². The molecule has 0 aromatic heterocycles. The van der Waals surface area contributed by atoms with E-state index in [-0.39, 0.29) is 11.7 Å². The fourth-order valence-corrected chi connectivity index (χ4v) is 0.878. The number of hydrogen-bond donors (Lipinski definition) is 1. The summed E-state index contributed by atoms with van der Waals surface area (Å²) in [6, 6.07) is 0. The molecule has 0 amide bonds. The van der Waals surface area contributed by atoms with Crippen molar-refractivity contribution in [3.8, 4) is 0 Å². The van der Waals surface area contributed by atoms with Gasteiger partial charge in [0, 0.05) is 19.6 Å². The minimum atomic E-state index is 0.115. The maximum Gasteiger partial charge on any atom is 0.149 e. The molecule has 12 heavy (non-hydrogen) atoms. The summed E-state index contributed by atoms with van der Waals surface area (Å²) in [5.41, 5.74) is 0. The molecule has 0 saturated heterocycles. The Morgan fingerprint density at radius 2 is 2.25 bits per heavy atom. The number of Topliss-reactive ketones (excluding diaryl/α,β-unsaturated/α-hetero) is 1. The van der Waals surface area contributed by atoms with Gasteiger partial charge in [-0.1, -0.05) is 13.8 Å². The molecule has 0 fully saturated rings. The summed E-state index contributed by atoms with van der Waals surface area (Å²) in [7, 11) is 1.65. The predicted octanol–water partition coefficient (Wildman–Crippen LogP) is 0.838. The van der Waals surface area contributed by atoms with Crippen LogP contribution in [0.2, 0.25) is 0 Å². The summed E-state index contributed by atoms with van der Waals surface area (Å²) in [4.78, 5) is 11.3. The van der Waals surface area contributed by atoms with E-state index >= 15 is 0 Å². The Morgan fingerprint density at radius 1 is 1.58 bits per heavy atom. The van der Waals surface area contributed by atoms with Crippen molar-refractivity contribution in [2.75, 3.05) is 26.8 Å². The second-order valence-electron chi connectivity index (χ2n) is 2.93. The number of ether oxygens (including phenoxy) is 1. The third kappa shape index (κ3) is 5.27. The quantitative estimate of drug-likeness (QED) is 0.620. The van der Waals surface area contributed by atoms with E-state index in [0.717, 1.165) is 13.0 Å². The molecule has 0 aliphatic heterocycles. The van der Waals surface area contributed by atoms with Gasteiger partial charge >= 0.3 is 0 Å². The fourth-order valence-electron chi connectivity index (χ4n) is 0.878. The van der Waals surface area contributed by atoms with Crippen LogP contribution in [-0.2, 0) is 9.53 Å². The highest BCUT2D eigenvalue weighted by Gasteiger charge is 2.10. The van der Waals surface area contributed by atoms with Crippen LogP contribution in [0, 0.1) is 5.92 Å². The molecule has 1 N–H and O–H groups in total. The molecule has 1 unspecified atom stereocenters. The Labute approximate surface area is 74.5 Å². The van der Waals surface area contributed by atoms with Gasteiger partial charge in [-0.15, -0.1) is 0 Å². The van der Waals surface area contributed by atoms with Crippen LogP contribution in [0.5, 0.6) is 0 Å². The number of carbonyl (C=O) groups excluding carboxylic acids is 1. The highest BCUT2D eigenvalue weighted by Crippen LogP contribution is 2.02. The molecule has 72 valence electrons. The standard InChI is InChI=1S/C9H19NO2/c1-4-10-7-9(11)8(2)5-6-12-3/h8,10H,4-7H2,1-3H3. The van der Waals surface area contributed by atoms with E-state index in [1.807, 2.05) is 13.8 Å². The van der Waals surface area contributed by atoms with Crippen molar-refractivity contribution in [1.29, 1.82) is 0 Å². The third-order valence-electron chi connectivity index (χ3n) is 1.85. The highest BCUT2D eigenvalue weighted by molar-refractivity contribution is 5.82. The Balaban J connectivity index is 3.47. The Kier molecular flexibility index (Phi) is 7.00. The van der Waals surface area contributed by atoms with Crippen LogP contribution in [0.25, 0.3) is 0 Å². The summed E-state index contributed by atoms with van der Waals surface area (Å²) >= 11 is 0. The number of nitrogens with one attached hydrogen (secondary N) is 1. The van der Waals surface area contributed by atoms with Crippen molar-refractivity contribution in [3.63, 3.8) is 0 Å². The van der Waals surface area contributed by atoms with Gasteiger partial charge < -0.3 is 10.1 Å².